The molecule has 0 radical (unpaired) electrons. The van der Waals surface area contributed by atoms with Gasteiger partial charge in [0.05, 0.1) is 30.5 Å². The number of carbonyl (C=O) groups excluding carboxylic acids is 4. The number of methoxy groups -OCH3 is 1. The molecule has 3 aromatic rings. The molecule has 1 aromatic heterocycles. The average Bonchev–Trinajstić information content (AvgIpc) is 3.34. The number of fused-ring (bicyclic) bond motifs is 1. The molecule has 1 aliphatic rings. The van der Waals surface area contributed by atoms with E-state index in [1.165, 1.54) is 13.2 Å². The fraction of sp³-hybridized carbons (Fsp3) is 0.167. The SMILES string of the molecule is COc1ccc(CN2C(=O)c3ccccc3C2=O)cc1C(=O)OCC(=O)c1cccn1C. The second kappa shape index (κ2) is 8.50. The van der Waals surface area contributed by atoms with Crippen molar-refractivity contribution in [1.29, 1.82) is 0 Å². The van der Waals surface area contributed by atoms with Crippen molar-refractivity contribution in [3.05, 3.63) is 88.7 Å². The first-order valence-electron chi connectivity index (χ1n) is 9.84. The highest BCUT2D eigenvalue weighted by Gasteiger charge is 2.35. The highest BCUT2D eigenvalue weighted by Crippen LogP contribution is 2.26. The van der Waals surface area contributed by atoms with Crippen LogP contribution in [0.2, 0.25) is 0 Å². The zero-order valence-corrected chi connectivity index (χ0v) is 17.5. The molecular formula is C24H20N2O6. The fourth-order valence-electron chi connectivity index (χ4n) is 3.61. The van der Waals surface area contributed by atoms with E-state index in [9.17, 15) is 19.2 Å². The molecule has 0 saturated heterocycles. The number of ether oxygens (including phenoxy) is 2. The van der Waals surface area contributed by atoms with Crippen molar-refractivity contribution in [3.8, 4) is 5.75 Å². The summed E-state index contributed by atoms with van der Waals surface area (Å²) < 4.78 is 12.1. The molecule has 162 valence electrons. The summed E-state index contributed by atoms with van der Waals surface area (Å²) in [6.45, 7) is -0.443. The van der Waals surface area contributed by atoms with Crippen LogP contribution >= 0.6 is 0 Å². The minimum Gasteiger partial charge on any atom is -0.496 e. The van der Waals surface area contributed by atoms with Gasteiger partial charge in [-0.05, 0) is 42.0 Å². The molecule has 0 spiro atoms. The van der Waals surface area contributed by atoms with E-state index in [0.29, 0.717) is 22.4 Å². The third kappa shape index (κ3) is 3.78. The highest BCUT2D eigenvalue weighted by atomic mass is 16.5. The van der Waals surface area contributed by atoms with Gasteiger partial charge in [0.2, 0.25) is 5.78 Å². The molecular weight excluding hydrogens is 412 g/mol. The minimum absolute atomic E-state index is 0.0150. The van der Waals surface area contributed by atoms with Gasteiger partial charge in [-0.2, -0.15) is 0 Å². The molecule has 0 atom stereocenters. The standard InChI is InChI=1S/C24H20N2O6/c1-25-11-5-8-19(25)20(27)14-32-24(30)18-12-15(9-10-21(18)31-2)13-26-22(28)16-6-3-4-7-17(16)23(26)29/h3-12H,13-14H2,1-2H3. The topological polar surface area (TPSA) is 94.9 Å². The van der Waals surface area contributed by atoms with Crippen LogP contribution in [0.1, 0.15) is 47.1 Å². The van der Waals surface area contributed by atoms with E-state index in [0.717, 1.165) is 4.90 Å². The Labute approximate surface area is 184 Å². The number of aromatic nitrogens is 1. The number of rotatable bonds is 7. The molecule has 8 nitrogen and oxygen atoms in total. The Morgan fingerprint density at radius 1 is 0.938 bits per heavy atom. The first-order chi connectivity index (χ1) is 15.4. The van der Waals surface area contributed by atoms with Gasteiger partial charge in [-0.3, -0.25) is 19.3 Å². The third-order valence-corrected chi connectivity index (χ3v) is 5.27. The van der Waals surface area contributed by atoms with Gasteiger partial charge in [-0.15, -0.1) is 0 Å². The molecule has 2 aromatic carbocycles. The lowest BCUT2D eigenvalue weighted by atomic mass is 10.1. The molecule has 32 heavy (non-hydrogen) atoms. The van der Waals surface area contributed by atoms with Crippen LogP contribution in [-0.2, 0) is 18.3 Å². The van der Waals surface area contributed by atoms with Crippen molar-refractivity contribution in [3.63, 3.8) is 0 Å². The zero-order chi connectivity index (χ0) is 22.8. The first-order valence-corrected chi connectivity index (χ1v) is 9.84. The zero-order valence-electron chi connectivity index (χ0n) is 17.5. The van der Waals surface area contributed by atoms with E-state index in [1.807, 2.05) is 0 Å². The normalized spacial score (nSPS) is 12.6. The maximum Gasteiger partial charge on any atom is 0.342 e. The van der Waals surface area contributed by atoms with Crippen molar-refractivity contribution in [2.24, 2.45) is 7.05 Å². The lowest BCUT2D eigenvalue weighted by molar-refractivity contribution is 0.0469. The molecule has 4 rings (SSSR count). The van der Waals surface area contributed by atoms with Gasteiger partial charge in [0.1, 0.15) is 11.3 Å². The van der Waals surface area contributed by atoms with Gasteiger partial charge >= 0.3 is 5.97 Å². The van der Waals surface area contributed by atoms with Gasteiger partial charge in [-0.1, -0.05) is 18.2 Å². The summed E-state index contributed by atoms with van der Waals surface area (Å²) in [5.41, 5.74) is 1.76. The van der Waals surface area contributed by atoms with Crippen LogP contribution in [0.5, 0.6) is 5.75 Å². The van der Waals surface area contributed by atoms with Crippen LogP contribution in [0, 0.1) is 0 Å². The maximum atomic E-state index is 12.7. The number of ketones is 1. The van der Waals surface area contributed by atoms with Crippen LogP contribution < -0.4 is 4.74 Å². The molecule has 0 saturated carbocycles. The quantitative estimate of drug-likeness (QED) is 0.324. The predicted molar refractivity (Wildman–Crippen MR) is 114 cm³/mol. The number of esters is 1. The van der Waals surface area contributed by atoms with E-state index < -0.39 is 24.4 Å². The molecule has 2 heterocycles. The highest BCUT2D eigenvalue weighted by molar-refractivity contribution is 6.21. The van der Waals surface area contributed by atoms with Gasteiger partial charge < -0.3 is 14.0 Å². The summed E-state index contributed by atoms with van der Waals surface area (Å²) in [7, 11) is 3.13. The van der Waals surface area contributed by atoms with Gasteiger partial charge in [0.15, 0.2) is 6.61 Å². The van der Waals surface area contributed by atoms with Gasteiger partial charge in [0.25, 0.3) is 11.8 Å². The largest absolute Gasteiger partial charge is 0.496 e. The van der Waals surface area contributed by atoms with Crippen molar-refractivity contribution in [2.75, 3.05) is 13.7 Å². The van der Waals surface area contributed by atoms with E-state index in [4.69, 9.17) is 9.47 Å². The summed E-state index contributed by atoms with van der Waals surface area (Å²) in [5.74, 6) is -1.61. The molecule has 8 heteroatoms. The number of carbonyl (C=O) groups is 4. The number of imide groups is 1. The van der Waals surface area contributed by atoms with Crippen LogP contribution in [0.3, 0.4) is 0 Å². The number of benzene rings is 2. The van der Waals surface area contributed by atoms with Crippen molar-refractivity contribution < 1.29 is 28.7 Å². The van der Waals surface area contributed by atoms with E-state index >= 15 is 0 Å². The second-order valence-corrected chi connectivity index (χ2v) is 7.28. The van der Waals surface area contributed by atoms with E-state index in [2.05, 4.69) is 0 Å². The van der Waals surface area contributed by atoms with E-state index in [-0.39, 0.29) is 23.6 Å². The van der Waals surface area contributed by atoms with Crippen LogP contribution in [0.15, 0.2) is 60.8 Å². The Bertz CT molecular complexity index is 1210. The maximum absolute atomic E-state index is 12.7. The molecule has 0 aliphatic carbocycles. The number of amides is 2. The summed E-state index contributed by atoms with van der Waals surface area (Å²) >= 11 is 0. The molecule has 0 N–H and O–H groups in total. The molecule has 0 bridgehead atoms. The summed E-state index contributed by atoms with van der Waals surface area (Å²) in [5, 5.41) is 0. The number of hydrogen-bond donors (Lipinski definition) is 0. The molecule has 1 aliphatic heterocycles. The predicted octanol–water partition coefficient (Wildman–Crippen LogP) is 2.87. The Balaban J connectivity index is 1.51. The minimum atomic E-state index is -0.742. The monoisotopic (exact) mass is 432 g/mol. The average molecular weight is 432 g/mol. The number of hydrogen-bond acceptors (Lipinski definition) is 6. The van der Waals surface area contributed by atoms with Crippen LogP contribution in [0.25, 0.3) is 0 Å². The second-order valence-electron chi connectivity index (χ2n) is 7.28. The first kappa shape index (κ1) is 21.0. The Morgan fingerprint density at radius 3 is 2.22 bits per heavy atom. The number of aryl methyl sites for hydroxylation is 1. The lowest BCUT2D eigenvalue weighted by Crippen LogP contribution is -2.29. The summed E-state index contributed by atoms with van der Waals surface area (Å²) in [4.78, 5) is 51.3. The lowest BCUT2D eigenvalue weighted by Gasteiger charge is -2.16. The number of nitrogens with zero attached hydrogens (tertiary/aromatic N) is 2. The van der Waals surface area contributed by atoms with Crippen molar-refractivity contribution in [1.82, 2.24) is 9.47 Å². The Kier molecular flexibility index (Phi) is 5.59. The fourth-order valence-corrected chi connectivity index (χ4v) is 3.61. The van der Waals surface area contributed by atoms with Crippen LogP contribution in [0.4, 0.5) is 0 Å². The smallest absolute Gasteiger partial charge is 0.342 e. The third-order valence-electron chi connectivity index (χ3n) is 5.27. The van der Waals surface area contributed by atoms with Gasteiger partial charge in [0, 0.05) is 13.2 Å². The Morgan fingerprint density at radius 2 is 1.62 bits per heavy atom. The van der Waals surface area contributed by atoms with E-state index in [1.54, 1.807) is 66.3 Å². The summed E-state index contributed by atoms with van der Waals surface area (Å²) in [6, 6.07) is 14.7. The van der Waals surface area contributed by atoms with Crippen LogP contribution in [-0.4, -0.2) is 46.8 Å². The van der Waals surface area contributed by atoms with Crippen molar-refractivity contribution >= 4 is 23.6 Å². The Hall–Kier alpha value is -4.20. The molecule has 2 amide bonds. The molecule has 0 unspecified atom stereocenters. The van der Waals surface area contributed by atoms with Gasteiger partial charge in [-0.25, -0.2) is 4.79 Å². The summed E-state index contributed by atoms with van der Waals surface area (Å²) in [6.07, 6.45) is 1.72. The number of Topliss-reactive ketones (excluding diaryl/α,β-unsaturated/α-hetero) is 1. The molecule has 0 fully saturated rings. The van der Waals surface area contributed by atoms with Crippen molar-refractivity contribution in [2.45, 2.75) is 6.54 Å².